The van der Waals surface area contributed by atoms with Crippen LogP contribution < -0.4 is 11.1 Å². The number of thiazole rings is 1. The molecule has 1 aromatic heterocycles. The van der Waals surface area contributed by atoms with Gasteiger partial charge in [0.2, 0.25) is 12.7 Å². The number of carbonyl (C=O) groups excluding carboxylic acids is 4. The molecule has 0 radical (unpaired) electrons. The first-order chi connectivity index (χ1) is 19.6. The smallest absolute Gasteiger partial charge is 0.321 e. The second-order valence-electron chi connectivity index (χ2n) is 11.4. The van der Waals surface area contributed by atoms with E-state index in [2.05, 4.69) is 15.5 Å². The van der Waals surface area contributed by atoms with Gasteiger partial charge in [0, 0.05) is 11.9 Å². The summed E-state index contributed by atoms with van der Waals surface area (Å²) in [6.07, 6.45) is 1.50. The molecule has 5 atom stereocenters. The number of fused-ring (bicyclic) bond motifs is 1. The minimum Gasteiger partial charge on any atom is -0.427 e. The summed E-state index contributed by atoms with van der Waals surface area (Å²) in [5.74, 6) is -3.43. The molecule has 0 saturated carbocycles. The van der Waals surface area contributed by atoms with Crippen molar-refractivity contribution in [2.45, 2.75) is 68.9 Å². The Balaban J connectivity index is 1.56. The number of nitrogen functional groups attached to an aromatic ring is 1. The number of nitrogens with two attached hydrogens (primary N) is 1. The summed E-state index contributed by atoms with van der Waals surface area (Å²) >= 11 is 3.77. The number of amides is 2. The van der Waals surface area contributed by atoms with Gasteiger partial charge in [0.1, 0.15) is 22.5 Å². The number of aromatic nitrogens is 1. The number of oxime groups is 1. The van der Waals surface area contributed by atoms with Crippen LogP contribution in [0.1, 0.15) is 46.7 Å². The van der Waals surface area contributed by atoms with E-state index in [4.69, 9.17) is 24.7 Å². The average molecular weight is 646 g/mol. The topological polar surface area (TPSA) is 192 Å². The van der Waals surface area contributed by atoms with Gasteiger partial charge in [-0.1, -0.05) is 5.16 Å². The Hall–Kier alpha value is -2.60. The molecule has 3 aliphatic rings. The second-order valence-corrected chi connectivity index (χ2v) is 14.8. The molecular weight excluding hydrogens is 611 g/mol. The van der Waals surface area contributed by atoms with Crippen LogP contribution in [0.4, 0.5) is 5.13 Å². The zero-order valence-corrected chi connectivity index (χ0v) is 26.5. The summed E-state index contributed by atoms with van der Waals surface area (Å²) < 4.78 is 22.2. The van der Waals surface area contributed by atoms with E-state index in [0.717, 1.165) is 11.3 Å². The van der Waals surface area contributed by atoms with Crippen molar-refractivity contribution in [1.82, 2.24) is 15.2 Å². The molecule has 42 heavy (non-hydrogen) atoms. The Labute approximate surface area is 255 Å². The van der Waals surface area contributed by atoms with Gasteiger partial charge < -0.3 is 40.1 Å². The molecule has 14 nitrogen and oxygen atoms in total. The first-order valence-electron chi connectivity index (χ1n) is 13.0. The molecule has 0 bridgehead atoms. The Bertz CT molecular complexity index is 1270. The molecule has 4 heterocycles. The molecule has 1 aromatic rings. The molecule has 3 aliphatic heterocycles. The first-order valence-corrected chi connectivity index (χ1v) is 16.1. The highest BCUT2D eigenvalue weighted by Crippen LogP contribution is 2.55. The molecule has 0 spiro atoms. The Morgan fingerprint density at radius 1 is 1.33 bits per heavy atom. The highest BCUT2D eigenvalue weighted by Gasteiger charge is 2.66. The van der Waals surface area contributed by atoms with E-state index in [-0.39, 0.29) is 23.1 Å². The van der Waals surface area contributed by atoms with E-state index >= 15 is 0 Å². The number of nitrogens with one attached hydrogen (secondary N) is 1. The normalized spacial score (nSPS) is 29.2. The van der Waals surface area contributed by atoms with Gasteiger partial charge in [-0.2, -0.15) is 0 Å². The Morgan fingerprint density at radius 3 is 2.62 bits per heavy atom. The highest BCUT2D eigenvalue weighted by atomic mass is 32.2. The number of anilines is 1. The quantitative estimate of drug-likeness (QED) is 0.0923. The standard InChI is InChI=1S/C25H35N5O9S3/c1-23(2,3)19(33)36-11-37-20(34)25(13-7-8-38-24(4,5)39-13)10-30-17(32)15(18(30)42-21(25)40-6)28-16(31)14(29-35)12-9-41-22(26)27-12/h9,13,15,18,21,35H,7-8,10-11H2,1-6H3,(H2,26,27)(H,28,31)/t13?,15?,18-,21?,25?/m1/s1. The van der Waals surface area contributed by atoms with E-state index in [1.165, 1.54) is 33.8 Å². The molecule has 0 aliphatic carbocycles. The van der Waals surface area contributed by atoms with E-state index < -0.39 is 69.3 Å². The molecule has 4 N–H and O–H groups in total. The molecule has 2 amide bonds. The van der Waals surface area contributed by atoms with E-state index in [9.17, 15) is 24.4 Å². The van der Waals surface area contributed by atoms with Gasteiger partial charge in [-0.15, -0.1) is 34.9 Å². The first kappa shape index (κ1) is 32.3. The number of nitrogens with zero attached hydrogens (tertiary/aromatic N) is 3. The molecule has 4 unspecified atom stereocenters. The van der Waals surface area contributed by atoms with Crippen molar-refractivity contribution < 1.29 is 43.3 Å². The van der Waals surface area contributed by atoms with Crippen molar-refractivity contribution in [1.29, 1.82) is 0 Å². The lowest BCUT2D eigenvalue weighted by molar-refractivity contribution is -0.294. The van der Waals surface area contributed by atoms with Crippen LogP contribution in [0.2, 0.25) is 0 Å². The van der Waals surface area contributed by atoms with Gasteiger partial charge in [0.15, 0.2) is 16.6 Å². The van der Waals surface area contributed by atoms with E-state index in [1.54, 1.807) is 34.6 Å². The van der Waals surface area contributed by atoms with Crippen molar-refractivity contribution in [2.24, 2.45) is 16.0 Å². The minimum atomic E-state index is -1.35. The molecule has 4 rings (SSSR count). The minimum absolute atomic E-state index is 0.0578. The van der Waals surface area contributed by atoms with Gasteiger partial charge in [-0.3, -0.25) is 19.2 Å². The van der Waals surface area contributed by atoms with Gasteiger partial charge in [0.05, 0.1) is 22.7 Å². The van der Waals surface area contributed by atoms with Crippen LogP contribution >= 0.6 is 34.9 Å². The number of ether oxygens (including phenoxy) is 4. The second kappa shape index (κ2) is 12.2. The summed E-state index contributed by atoms with van der Waals surface area (Å²) in [6.45, 7) is 8.21. The highest BCUT2D eigenvalue weighted by molar-refractivity contribution is 8.17. The van der Waals surface area contributed by atoms with Gasteiger partial charge in [-0.25, -0.2) is 4.98 Å². The fraction of sp³-hybridized carbons (Fsp3) is 0.680. The van der Waals surface area contributed by atoms with Crippen LogP contribution in [0.5, 0.6) is 0 Å². The zero-order valence-electron chi connectivity index (χ0n) is 24.1. The molecular formula is C25H35N5O9S3. The predicted molar refractivity (Wildman–Crippen MR) is 156 cm³/mol. The molecule has 232 valence electrons. The van der Waals surface area contributed by atoms with Crippen LogP contribution in [-0.2, 0) is 38.1 Å². The number of hydrogen-bond acceptors (Lipinski definition) is 15. The van der Waals surface area contributed by atoms with Crippen LogP contribution in [0.3, 0.4) is 0 Å². The molecule has 3 fully saturated rings. The summed E-state index contributed by atoms with van der Waals surface area (Å²) in [5.41, 5.74) is 3.19. The lowest BCUT2D eigenvalue weighted by Gasteiger charge is -2.59. The van der Waals surface area contributed by atoms with Crippen molar-refractivity contribution in [3.8, 4) is 0 Å². The maximum atomic E-state index is 13.9. The third-order valence-corrected chi connectivity index (χ3v) is 10.9. The molecule has 0 aromatic carbocycles. The van der Waals surface area contributed by atoms with Gasteiger partial charge in [0.25, 0.3) is 5.91 Å². The van der Waals surface area contributed by atoms with E-state index in [0.29, 0.717) is 13.0 Å². The van der Waals surface area contributed by atoms with Crippen LogP contribution in [0, 0.1) is 10.8 Å². The number of hydrogen-bond donors (Lipinski definition) is 3. The molecule has 17 heteroatoms. The number of thioether (sulfide) groups is 2. The fourth-order valence-electron chi connectivity index (χ4n) is 4.91. The Morgan fingerprint density at radius 2 is 2.05 bits per heavy atom. The number of β-lactam (4-membered cyclic amide) rings is 1. The lowest BCUT2D eigenvalue weighted by Crippen LogP contribution is -2.77. The summed E-state index contributed by atoms with van der Waals surface area (Å²) in [6, 6.07) is -0.946. The third kappa shape index (κ3) is 6.20. The van der Waals surface area contributed by atoms with Gasteiger partial charge >= 0.3 is 11.9 Å². The lowest BCUT2D eigenvalue weighted by atomic mass is 9.79. The van der Waals surface area contributed by atoms with Crippen molar-refractivity contribution in [2.75, 3.05) is 31.9 Å². The third-order valence-electron chi connectivity index (χ3n) is 7.04. The SMILES string of the molecule is CSC1S[C@@H]2C(NC(=O)C(=NO)c3csc(N)n3)C(=O)N2CC1(C(=O)OCOC(=O)C(C)(C)C)C1CCOC(C)(C)O1. The van der Waals surface area contributed by atoms with Crippen molar-refractivity contribution in [3.05, 3.63) is 11.1 Å². The fourth-order valence-corrected chi connectivity index (χ4v) is 8.47. The van der Waals surface area contributed by atoms with E-state index in [1.807, 2.05) is 6.26 Å². The summed E-state index contributed by atoms with van der Waals surface area (Å²) in [4.78, 5) is 58.0. The van der Waals surface area contributed by atoms with Gasteiger partial charge in [-0.05, 0) is 47.3 Å². The maximum Gasteiger partial charge on any atom is 0.321 e. The Kier molecular flexibility index (Phi) is 9.37. The number of esters is 2. The number of carbonyl (C=O) groups is 4. The predicted octanol–water partition coefficient (Wildman–Crippen LogP) is 1.61. The monoisotopic (exact) mass is 645 g/mol. The summed E-state index contributed by atoms with van der Waals surface area (Å²) in [7, 11) is 0. The molecule has 3 saturated heterocycles. The van der Waals surface area contributed by atoms with Crippen molar-refractivity contribution in [3.63, 3.8) is 0 Å². The largest absolute Gasteiger partial charge is 0.427 e. The maximum absolute atomic E-state index is 13.9. The average Bonchev–Trinajstić information content (AvgIpc) is 3.35. The van der Waals surface area contributed by atoms with Crippen molar-refractivity contribution >= 4 is 69.5 Å². The van der Waals surface area contributed by atoms with Crippen LogP contribution in [-0.4, -0.2) is 98.6 Å². The van der Waals surface area contributed by atoms with Crippen LogP contribution in [0.15, 0.2) is 10.5 Å². The summed E-state index contributed by atoms with van der Waals surface area (Å²) in [5, 5.41) is 16.3. The number of rotatable bonds is 8. The van der Waals surface area contributed by atoms with Crippen LogP contribution in [0.25, 0.3) is 0 Å². The zero-order chi connectivity index (χ0) is 31.0.